The van der Waals surface area contributed by atoms with Crippen molar-refractivity contribution in [2.24, 2.45) is 5.92 Å². The number of rotatable bonds is 8. The van der Waals surface area contributed by atoms with Gasteiger partial charge in [0.25, 0.3) is 0 Å². The van der Waals surface area contributed by atoms with Gasteiger partial charge in [-0.15, -0.1) is 0 Å². The largest absolute Gasteiger partial charge is 0.496 e. The number of fused-ring (bicyclic) bond motifs is 3. The Morgan fingerprint density at radius 1 is 1.00 bits per heavy atom. The fourth-order valence-corrected chi connectivity index (χ4v) is 6.22. The van der Waals surface area contributed by atoms with E-state index < -0.39 is 0 Å². The number of amides is 1. The summed E-state index contributed by atoms with van der Waals surface area (Å²) >= 11 is 0. The maximum atomic E-state index is 12.0. The summed E-state index contributed by atoms with van der Waals surface area (Å²) in [6, 6.07) is 28.7. The number of carbonyl (C=O) groups excluding carboxylic acids is 1. The molecule has 2 bridgehead atoms. The maximum Gasteiger partial charge on any atom is 0.223 e. The Balaban J connectivity index is 1.47. The van der Waals surface area contributed by atoms with Gasteiger partial charge in [-0.05, 0) is 61.2 Å². The number of nitrogens with one attached hydrogen (secondary N) is 1. The molecule has 0 saturated carbocycles. The quantitative estimate of drug-likeness (QED) is 0.486. The van der Waals surface area contributed by atoms with Crippen LogP contribution in [-0.2, 0) is 11.3 Å². The monoisotopic (exact) mass is 483 g/mol. The van der Waals surface area contributed by atoms with Crippen molar-refractivity contribution in [1.82, 2.24) is 10.2 Å². The molecule has 0 spiro atoms. The Kier molecular flexibility index (Phi) is 7.40. The molecule has 0 aliphatic carbocycles. The van der Waals surface area contributed by atoms with Crippen LogP contribution in [0.1, 0.15) is 42.4 Å². The van der Waals surface area contributed by atoms with Gasteiger partial charge in [-0.1, -0.05) is 60.7 Å². The average molecular weight is 484 g/mol. The molecule has 6 rings (SSSR count). The third kappa shape index (κ3) is 4.91. The molecule has 3 fully saturated rings. The molecule has 3 aromatic carbocycles. The Hall–Kier alpha value is -3.15. The molecule has 0 radical (unpaired) electrons. The molecule has 3 aliphatic heterocycles. The van der Waals surface area contributed by atoms with Crippen molar-refractivity contribution in [3.8, 4) is 5.75 Å². The molecular weight excluding hydrogens is 446 g/mol. The van der Waals surface area contributed by atoms with Crippen LogP contribution in [0, 0.1) is 5.92 Å². The van der Waals surface area contributed by atoms with Crippen molar-refractivity contribution in [1.29, 1.82) is 0 Å². The highest BCUT2D eigenvalue weighted by molar-refractivity contribution is 5.91. The van der Waals surface area contributed by atoms with E-state index in [4.69, 9.17) is 4.74 Å². The molecule has 1 N–H and O–H groups in total. The van der Waals surface area contributed by atoms with Crippen LogP contribution in [0.2, 0.25) is 0 Å². The lowest BCUT2D eigenvalue weighted by atomic mass is 9.70. The average Bonchev–Trinajstić information content (AvgIpc) is 2.93. The maximum absolute atomic E-state index is 12.0. The van der Waals surface area contributed by atoms with Crippen LogP contribution in [-0.4, -0.2) is 50.1 Å². The van der Waals surface area contributed by atoms with Crippen LogP contribution < -0.4 is 15.0 Å². The molecule has 3 heterocycles. The van der Waals surface area contributed by atoms with E-state index in [1.165, 1.54) is 24.0 Å². The van der Waals surface area contributed by atoms with E-state index in [1.807, 2.05) is 19.2 Å². The summed E-state index contributed by atoms with van der Waals surface area (Å²) in [7, 11) is 3.53. The molecule has 5 nitrogen and oxygen atoms in total. The Morgan fingerprint density at radius 2 is 1.61 bits per heavy atom. The zero-order valence-electron chi connectivity index (χ0n) is 21.6. The van der Waals surface area contributed by atoms with Gasteiger partial charge in [0.15, 0.2) is 0 Å². The molecule has 3 aliphatic rings. The number of hydrogen-bond acceptors (Lipinski definition) is 4. The zero-order chi connectivity index (χ0) is 25.1. The minimum atomic E-state index is 0.0186. The second-order valence-corrected chi connectivity index (χ2v) is 10.1. The minimum Gasteiger partial charge on any atom is -0.496 e. The molecule has 1 amide bonds. The van der Waals surface area contributed by atoms with E-state index in [1.54, 1.807) is 18.9 Å². The summed E-state index contributed by atoms with van der Waals surface area (Å²) in [6.07, 6.45) is 2.46. The SMILES string of the molecule is COc1ccc(N(C)C(C)=O)cc1CNC1C2CCN(CC2)C1C(c1ccccc1)c1ccccc1. The van der Waals surface area contributed by atoms with Crippen molar-refractivity contribution in [2.75, 3.05) is 32.1 Å². The topological polar surface area (TPSA) is 44.8 Å². The number of piperidine rings is 3. The molecule has 188 valence electrons. The summed E-state index contributed by atoms with van der Waals surface area (Å²) in [5, 5.41) is 3.98. The first-order valence-electron chi connectivity index (χ1n) is 13.1. The molecular formula is C31H37N3O2. The van der Waals surface area contributed by atoms with Crippen LogP contribution in [0.3, 0.4) is 0 Å². The lowest BCUT2D eigenvalue weighted by Gasteiger charge is -2.54. The minimum absolute atomic E-state index is 0.0186. The third-order valence-electron chi connectivity index (χ3n) is 8.18. The van der Waals surface area contributed by atoms with Gasteiger partial charge in [-0.2, -0.15) is 0 Å². The molecule has 5 heteroatoms. The van der Waals surface area contributed by atoms with Crippen LogP contribution in [0.15, 0.2) is 78.9 Å². The van der Waals surface area contributed by atoms with Gasteiger partial charge in [0.1, 0.15) is 5.75 Å². The van der Waals surface area contributed by atoms with Gasteiger partial charge < -0.3 is 15.0 Å². The molecule has 2 atom stereocenters. The standard InChI is InChI=1S/C31H37N3O2/c1-22(35)33(2)27-14-15-28(36-3)26(20-27)21-32-30-25-16-18-34(19-17-25)31(30)29(23-10-6-4-7-11-23)24-12-8-5-9-13-24/h4-15,20,25,29-32H,16-19,21H2,1-3H3. The summed E-state index contributed by atoms with van der Waals surface area (Å²) in [4.78, 5) is 16.4. The number of anilines is 1. The molecule has 2 unspecified atom stereocenters. The van der Waals surface area contributed by atoms with Crippen molar-refractivity contribution in [2.45, 2.75) is 44.3 Å². The first kappa shape index (κ1) is 24.5. The predicted molar refractivity (Wildman–Crippen MR) is 146 cm³/mol. The number of benzene rings is 3. The normalized spacial score (nSPS) is 23.0. The third-order valence-corrected chi connectivity index (χ3v) is 8.18. The fraction of sp³-hybridized carbons (Fsp3) is 0.387. The summed E-state index contributed by atoms with van der Waals surface area (Å²) in [5.74, 6) is 1.81. The van der Waals surface area contributed by atoms with Gasteiger partial charge in [-0.25, -0.2) is 0 Å². The van der Waals surface area contributed by atoms with Gasteiger partial charge in [0.2, 0.25) is 5.91 Å². The number of nitrogens with zero attached hydrogens (tertiary/aromatic N) is 2. The lowest BCUT2D eigenvalue weighted by molar-refractivity contribution is -0.116. The zero-order valence-corrected chi connectivity index (χ0v) is 21.6. The number of methoxy groups -OCH3 is 1. The van der Waals surface area contributed by atoms with E-state index in [2.05, 4.69) is 76.9 Å². The van der Waals surface area contributed by atoms with Gasteiger partial charge in [-0.3, -0.25) is 9.69 Å². The van der Waals surface area contributed by atoms with Crippen molar-refractivity contribution in [3.63, 3.8) is 0 Å². The first-order chi connectivity index (χ1) is 17.6. The van der Waals surface area contributed by atoms with E-state index in [9.17, 15) is 4.79 Å². The predicted octanol–water partition coefficient (Wildman–Crippen LogP) is 5.06. The fourth-order valence-electron chi connectivity index (χ4n) is 6.22. The van der Waals surface area contributed by atoms with E-state index in [0.717, 1.165) is 30.1 Å². The number of ether oxygens (including phenoxy) is 1. The molecule has 36 heavy (non-hydrogen) atoms. The van der Waals surface area contributed by atoms with Crippen LogP contribution >= 0.6 is 0 Å². The number of carbonyl (C=O) groups is 1. The molecule has 3 aromatic rings. The number of hydrogen-bond donors (Lipinski definition) is 1. The van der Waals surface area contributed by atoms with Gasteiger partial charge in [0, 0.05) is 49.8 Å². The first-order valence-corrected chi connectivity index (χ1v) is 13.1. The smallest absolute Gasteiger partial charge is 0.223 e. The van der Waals surface area contributed by atoms with Crippen LogP contribution in [0.5, 0.6) is 5.75 Å². The van der Waals surface area contributed by atoms with Gasteiger partial charge in [0.05, 0.1) is 7.11 Å². The van der Waals surface area contributed by atoms with E-state index in [-0.39, 0.29) is 5.91 Å². The Bertz CT molecular complexity index is 1120. The highest BCUT2D eigenvalue weighted by Crippen LogP contribution is 2.42. The highest BCUT2D eigenvalue weighted by Gasteiger charge is 2.46. The van der Waals surface area contributed by atoms with E-state index in [0.29, 0.717) is 30.5 Å². The van der Waals surface area contributed by atoms with Crippen molar-refractivity contribution in [3.05, 3.63) is 95.6 Å². The summed E-state index contributed by atoms with van der Waals surface area (Å²) < 4.78 is 5.70. The highest BCUT2D eigenvalue weighted by atomic mass is 16.5. The summed E-state index contributed by atoms with van der Waals surface area (Å²) in [6.45, 7) is 4.61. The Morgan fingerprint density at radius 3 is 2.17 bits per heavy atom. The second-order valence-electron chi connectivity index (χ2n) is 10.1. The van der Waals surface area contributed by atoms with Crippen molar-refractivity contribution < 1.29 is 9.53 Å². The van der Waals surface area contributed by atoms with Crippen LogP contribution in [0.25, 0.3) is 0 Å². The molecule has 3 saturated heterocycles. The Labute approximate surface area is 215 Å². The summed E-state index contributed by atoms with van der Waals surface area (Å²) in [5.41, 5.74) is 4.71. The molecule has 0 aromatic heterocycles. The van der Waals surface area contributed by atoms with Crippen LogP contribution in [0.4, 0.5) is 5.69 Å². The van der Waals surface area contributed by atoms with Crippen molar-refractivity contribution >= 4 is 11.6 Å². The lowest BCUT2D eigenvalue weighted by Crippen LogP contribution is -2.64. The van der Waals surface area contributed by atoms with E-state index >= 15 is 0 Å². The van der Waals surface area contributed by atoms with Gasteiger partial charge >= 0.3 is 0 Å². The second kappa shape index (κ2) is 10.9.